The van der Waals surface area contributed by atoms with Gasteiger partial charge in [-0.1, -0.05) is 0 Å². The lowest BCUT2D eigenvalue weighted by molar-refractivity contribution is -0.129. The van der Waals surface area contributed by atoms with Crippen molar-refractivity contribution in [3.8, 4) is 0 Å². The largest absolute Gasteiger partial charge is 0.363 e. The predicted molar refractivity (Wildman–Crippen MR) is 80.2 cm³/mol. The van der Waals surface area contributed by atoms with Gasteiger partial charge in [-0.15, -0.1) is 0 Å². The maximum Gasteiger partial charge on any atom is 0.244 e. The summed E-state index contributed by atoms with van der Waals surface area (Å²) >= 11 is 0. The van der Waals surface area contributed by atoms with Crippen molar-refractivity contribution >= 4 is 17.7 Å². The van der Waals surface area contributed by atoms with Crippen LogP contribution in [0.4, 0.5) is 11.8 Å². The Balaban J connectivity index is 2.32. The van der Waals surface area contributed by atoms with Crippen LogP contribution < -0.4 is 9.80 Å². The molecule has 2 rings (SSSR count). The molecule has 2 heterocycles. The van der Waals surface area contributed by atoms with Gasteiger partial charge >= 0.3 is 0 Å². The minimum Gasteiger partial charge on any atom is -0.363 e. The van der Waals surface area contributed by atoms with Gasteiger partial charge < -0.3 is 14.7 Å². The normalized spacial score (nSPS) is 18.2. The molecule has 0 saturated carbocycles. The Kier molecular flexibility index (Phi) is 4.11. The molecular weight excluding hydrogens is 254 g/mol. The molecule has 1 aliphatic rings. The third-order valence-electron chi connectivity index (χ3n) is 3.52. The van der Waals surface area contributed by atoms with Gasteiger partial charge in [-0.05, 0) is 19.8 Å². The van der Waals surface area contributed by atoms with Gasteiger partial charge in [0.05, 0.1) is 0 Å². The fourth-order valence-corrected chi connectivity index (χ4v) is 2.45. The fraction of sp³-hybridized carbons (Fsp3) is 0.643. The van der Waals surface area contributed by atoms with Crippen molar-refractivity contribution in [3.63, 3.8) is 0 Å². The Morgan fingerprint density at radius 2 is 2.00 bits per heavy atom. The quantitative estimate of drug-likeness (QED) is 0.822. The summed E-state index contributed by atoms with van der Waals surface area (Å²) in [6.07, 6.45) is 1.87. The highest BCUT2D eigenvalue weighted by Gasteiger charge is 2.33. The lowest BCUT2D eigenvalue weighted by atomic mass is 10.2. The number of amides is 1. The molecule has 110 valence electrons. The zero-order valence-electron chi connectivity index (χ0n) is 12.9. The van der Waals surface area contributed by atoms with E-state index in [1.54, 1.807) is 19.0 Å². The number of hydrogen-bond donors (Lipinski definition) is 0. The molecule has 0 bridgehead atoms. The van der Waals surface area contributed by atoms with Crippen molar-refractivity contribution in [2.45, 2.75) is 25.8 Å². The maximum atomic E-state index is 12.3. The highest BCUT2D eigenvalue weighted by molar-refractivity contribution is 5.85. The predicted octanol–water partition coefficient (Wildman–Crippen LogP) is 0.908. The summed E-state index contributed by atoms with van der Waals surface area (Å²) in [4.78, 5) is 27.0. The first-order chi connectivity index (χ1) is 9.40. The first kappa shape index (κ1) is 14.6. The number of likely N-dealkylation sites (N-methyl/N-ethyl adjacent to an activating group) is 1. The van der Waals surface area contributed by atoms with Crippen LogP contribution in [0.15, 0.2) is 6.07 Å². The molecule has 1 fully saturated rings. The van der Waals surface area contributed by atoms with E-state index in [4.69, 9.17) is 0 Å². The maximum absolute atomic E-state index is 12.3. The number of aryl methyl sites for hydroxylation is 1. The van der Waals surface area contributed by atoms with E-state index in [1.807, 2.05) is 36.9 Å². The molecule has 1 aliphatic heterocycles. The van der Waals surface area contributed by atoms with Crippen molar-refractivity contribution in [1.29, 1.82) is 0 Å². The molecule has 0 N–H and O–H groups in total. The Morgan fingerprint density at radius 1 is 1.30 bits per heavy atom. The average molecular weight is 277 g/mol. The smallest absolute Gasteiger partial charge is 0.244 e. The number of nitrogens with zero attached hydrogens (tertiary/aromatic N) is 5. The summed E-state index contributed by atoms with van der Waals surface area (Å²) in [6, 6.07) is 1.81. The summed E-state index contributed by atoms with van der Waals surface area (Å²) in [6.45, 7) is 2.79. The van der Waals surface area contributed by atoms with Crippen LogP contribution in [0.2, 0.25) is 0 Å². The first-order valence-corrected chi connectivity index (χ1v) is 6.91. The van der Waals surface area contributed by atoms with Crippen LogP contribution in [0.25, 0.3) is 0 Å². The molecule has 0 aliphatic carbocycles. The van der Waals surface area contributed by atoms with Gasteiger partial charge in [0.15, 0.2) is 0 Å². The third kappa shape index (κ3) is 2.84. The number of aromatic nitrogens is 2. The molecule has 1 atom stereocenters. The molecular formula is C14H23N5O. The first-order valence-electron chi connectivity index (χ1n) is 6.91. The number of carbonyl (C=O) groups is 1. The highest BCUT2D eigenvalue weighted by Crippen LogP contribution is 2.25. The van der Waals surface area contributed by atoms with Crippen molar-refractivity contribution in [1.82, 2.24) is 14.9 Å². The van der Waals surface area contributed by atoms with Crippen LogP contribution in [0.1, 0.15) is 18.5 Å². The van der Waals surface area contributed by atoms with Crippen molar-refractivity contribution < 1.29 is 4.79 Å². The van der Waals surface area contributed by atoms with Gasteiger partial charge in [0.1, 0.15) is 11.9 Å². The van der Waals surface area contributed by atoms with Crippen LogP contribution in [-0.2, 0) is 4.79 Å². The molecule has 1 aromatic rings. The van der Waals surface area contributed by atoms with Crippen LogP contribution in [0.3, 0.4) is 0 Å². The van der Waals surface area contributed by atoms with Gasteiger partial charge in [0, 0.05) is 46.5 Å². The second-order valence-corrected chi connectivity index (χ2v) is 5.65. The van der Waals surface area contributed by atoms with E-state index in [0.29, 0.717) is 5.95 Å². The number of carbonyl (C=O) groups excluding carboxylic acids is 1. The zero-order valence-corrected chi connectivity index (χ0v) is 12.9. The van der Waals surface area contributed by atoms with Crippen LogP contribution in [0, 0.1) is 6.92 Å². The monoisotopic (exact) mass is 277 g/mol. The number of rotatable bonds is 3. The van der Waals surface area contributed by atoms with Crippen molar-refractivity contribution in [2.75, 3.05) is 44.5 Å². The fourth-order valence-electron chi connectivity index (χ4n) is 2.45. The van der Waals surface area contributed by atoms with Crippen molar-refractivity contribution in [3.05, 3.63) is 11.8 Å². The second-order valence-electron chi connectivity index (χ2n) is 5.65. The summed E-state index contributed by atoms with van der Waals surface area (Å²) in [7, 11) is 7.50. The van der Waals surface area contributed by atoms with Gasteiger partial charge in [-0.25, -0.2) is 4.98 Å². The van der Waals surface area contributed by atoms with E-state index in [1.165, 1.54) is 0 Å². The topological polar surface area (TPSA) is 52.6 Å². The number of hydrogen-bond acceptors (Lipinski definition) is 5. The molecule has 20 heavy (non-hydrogen) atoms. The van der Waals surface area contributed by atoms with Crippen LogP contribution >= 0.6 is 0 Å². The molecule has 0 aromatic carbocycles. The highest BCUT2D eigenvalue weighted by atomic mass is 16.2. The summed E-state index contributed by atoms with van der Waals surface area (Å²) in [5.74, 6) is 1.65. The van der Waals surface area contributed by atoms with E-state index in [-0.39, 0.29) is 11.9 Å². The second kappa shape index (κ2) is 5.64. The Morgan fingerprint density at radius 3 is 2.60 bits per heavy atom. The lowest BCUT2D eigenvalue weighted by Crippen LogP contribution is -2.43. The Hall–Kier alpha value is -1.85. The minimum atomic E-state index is -0.137. The van der Waals surface area contributed by atoms with Gasteiger partial charge in [0.2, 0.25) is 11.9 Å². The molecule has 1 saturated heterocycles. The average Bonchev–Trinajstić information content (AvgIpc) is 2.85. The van der Waals surface area contributed by atoms with Crippen LogP contribution in [-0.4, -0.2) is 61.6 Å². The summed E-state index contributed by atoms with van der Waals surface area (Å²) in [5.41, 5.74) is 0.918. The molecule has 1 amide bonds. The van der Waals surface area contributed by atoms with E-state index < -0.39 is 0 Å². The molecule has 0 unspecified atom stereocenters. The molecule has 6 nitrogen and oxygen atoms in total. The van der Waals surface area contributed by atoms with Gasteiger partial charge in [0.25, 0.3) is 0 Å². The molecule has 6 heteroatoms. The molecule has 0 spiro atoms. The SMILES string of the molecule is Cc1cc(N(C)C)nc(N2CCC[C@@H]2C(=O)N(C)C)n1. The van der Waals surface area contributed by atoms with Crippen LogP contribution in [0.5, 0.6) is 0 Å². The van der Waals surface area contributed by atoms with Gasteiger partial charge in [-0.3, -0.25) is 4.79 Å². The van der Waals surface area contributed by atoms with E-state index >= 15 is 0 Å². The summed E-state index contributed by atoms with van der Waals surface area (Å²) in [5, 5.41) is 0. The lowest BCUT2D eigenvalue weighted by Gasteiger charge is -2.27. The van der Waals surface area contributed by atoms with E-state index in [0.717, 1.165) is 30.9 Å². The molecule has 1 aromatic heterocycles. The molecule has 0 radical (unpaired) electrons. The number of anilines is 2. The van der Waals surface area contributed by atoms with Crippen molar-refractivity contribution in [2.24, 2.45) is 0 Å². The zero-order chi connectivity index (χ0) is 14.9. The Bertz CT molecular complexity index is 500. The summed E-state index contributed by atoms with van der Waals surface area (Å²) < 4.78 is 0. The Labute approximate surface area is 120 Å². The third-order valence-corrected chi connectivity index (χ3v) is 3.52. The van der Waals surface area contributed by atoms with E-state index in [9.17, 15) is 4.79 Å². The van der Waals surface area contributed by atoms with E-state index in [2.05, 4.69) is 9.97 Å². The standard InChI is InChI=1S/C14H23N5O/c1-10-9-12(17(2)3)16-14(15-10)19-8-6-7-11(19)13(20)18(4)5/h9,11H,6-8H2,1-5H3/t11-/m1/s1. The minimum absolute atomic E-state index is 0.124. The van der Waals surface area contributed by atoms with Gasteiger partial charge in [-0.2, -0.15) is 4.98 Å².